The van der Waals surface area contributed by atoms with Gasteiger partial charge in [0.05, 0.1) is 11.9 Å². The van der Waals surface area contributed by atoms with Crippen molar-refractivity contribution in [3.05, 3.63) is 84.8 Å². The second-order valence-electron chi connectivity index (χ2n) is 8.36. The molecule has 0 radical (unpaired) electrons. The number of hydrogen-bond donors (Lipinski definition) is 2. The number of aromatic hydroxyl groups is 1. The molecule has 1 aromatic heterocycles. The minimum absolute atomic E-state index is 0.145. The molecule has 0 amide bonds. The highest BCUT2D eigenvalue weighted by Crippen LogP contribution is 2.37. The van der Waals surface area contributed by atoms with Gasteiger partial charge in [-0.2, -0.15) is 5.10 Å². The maximum absolute atomic E-state index is 13.1. The molecule has 174 valence electrons. The molecule has 0 saturated carbocycles. The third-order valence-corrected chi connectivity index (χ3v) is 6.20. The number of aromatic amines is 1. The van der Waals surface area contributed by atoms with Gasteiger partial charge in [0.25, 0.3) is 0 Å². The van der Waals surface area contributed by atoms with Crippen molar-refractivity contribution in [3.8, 4) is 33.9 Å². The zero-order chi connectivity index (χ0) is 23.3. The fourth-order valence-electron chi connectivity index (χ4n) is 4.31. The van der Waals surface area contributed by atoms with Gasteiger partial charge in [0.15, 0.2) is 0 Å². The standard InChI is InChI=1S/C27H27FN4O2/c28-21-6-8-22(9-7-21)32-14-12-31(13-15-32)16-17-34-23-10-11-24(26(33)18-23)27-25(19-29-30-27)20-4-2-1-3-5-20/h1-11,18-19,33H,12-17H2,(H,29,30). The van der Waals surface area contributed by atoms with Crippen LogP contribution in [-0.2, 0) is 0 Å². The summed E-state index contributed by atoms with van der Waals surface area (Å²) in [5, 5.41) is 17.9. The van der Waals surface area contributed by atoms with E-state index >= 15 is 0 Å². The van der Waals surface area contributed by atoms with Crippen molar-refractivity contribution in [3.63, 3.8) is 0 Å². The molecule has 7 heteroatoms. The molecule has 34 heavy (non-hydrogen) atoms. The van der Waals surface area contributed by atoms with Gasteiger partial charge < -0.3 is 14.7 Å². The molecule has 5 rings (SSSR count). The van der Waals surface area contributed by atoms with Gasteiger partial charge in [-0.3, -0.25) is 10.00 Å². The number of piperazine rings is 1. The summed E-state index contributed by atoms with van der Waals surface area (Å²) in [5.74, 6) is 0.568. The van der Waals surface area contributed by atoms with Crippen molar-refractivity contribution in [1.82, 2.24) is 15.1 Å². The Morgan fingerprint density at radius 3 is 2.41 bits per heavy atom. The summed E-state index contributed by atoms with van der Waals surface area (Å²) in [5.41, 5.74) is 4.48. The van der Waals surface area contributed by atoms with Gasteiger partial charge in [0.1, 0.15) is 23.9 Å². The molecular weight excluding hydrogens is 431 g/mol. The molecule has 1 fully saturated rings. The Bertz CT molecular complexity index is 1220. The molecule has 6 nitrogen and oxygen atoms in total. The number of anilines is 1. The summed E-state index contributed by atoms with van der Waals surface area (Å²) in [6, 6.07) is 22.0. The number of aromatic nitrogens is 2. The van der Waals surface area contributed by atoms with E-state index in [9.17, 15) is 9.50 Å². The molecule has 2 heterocycles. The third kappa shape index (κ3) is 4.89. The average molecular weight is 459 g/mol. The van der Waals surface area contributed by atoms with E-state index < -0.39 is 0 Å². The molecule has 3 aromatic carbocycles. The van der Waals surface area contributed by atoms with E-state index in [1.54, 1.807) is 12.3 Å². The quantitative estimate of drug-likeness (QED) is 0.417. The van der Waals surface area contributed by atoms with E-state index in [1.807, 2.05) is 54.6 Å². The average Bonchev–Trinajstić information content (AvgIpc) is 3.35. The van der Waals surface area contributed by atoms with Gasteiger partial charge in [-0.15, -0.1) is 0 Å². The Labute approximate surface area is 198 Å². The lowest BCUT2D eigenvalue weighted by atomic mass is 10.0. The maximum atomic E-state index is 13.1. The van der Waals surface area contributed by atoms with E-state index in [2.05, 4.69) is 20.0 Å². The first-order valence-corrected chi connectivity index (χ1v) is 11.5. The molecule has 0 spiro atoms. The molecule has 0 aliphatic carbocycles. The Morgan fingerprint density at radius 1 is 0.912 bits per heavy atom. The monoisotopic (exact) mass is 458 g/mol. The molecule has 1 aliphatic heterocycles. The first kappa shape index (κ1) is 22.0. The summed E-state index contributed by atoms with van der Waals surface area (Å²) in [6.45, 7) is 4.98. The van der Waals surface area contributed by atoms with Gasteiger partial charge in [-0.1, -0.05) is 30.3 Å². The number of nitrogens with zero attached hydrogens (tertiary/aromatic N) is 3. The Morgan fingerprint density at radius 2 is 1.68 bits per heavy atom. The zero-order valence-electron chi connectivity index (χ0n) is 18.8. The fraction of sp³-hybridized carbons (Fsp3) is 0.222. The first-order chi connectivity index (χ1) is 16.7. The highest BCUT2D eigenvalue weighted by atomic mass is 19.1. The van der Waals surface area contributed by atoms with E-state index in [0.29, 0.717) is 17.9 Å². The lowest BCUT2D eigenvalue weighted by molar-refractivity contribution is 0.200. The Kier molecular flexibility index (Phi) is 6.44. The molecule has 0 unspecified atom stereocenters. The number of nitrogens with one attached hydrogen (secondary N) is 1. The van der Waals surface area contributed by atoms with Crippen LogP contribution < -0.4 is 9.64 Å². The van der Waals surface area contributed by atoms with Gasteiger partial charge in [-0.05, 0) is 42.0 Å². The minimum Gasteiger partial charge on any atom is -0.507 e. The van der Waals surface area contributed by atoms with Crippen LogP contribution in [0.4, 0.5) is 10.1 Å². The Balaban J connectivity index is 1.15. The minimum atomic E-state index is -0.209. The van der Waals surface area contributed by atoms with Crippen LogP contribution in [-0.4, -0.2) is 59.5 Å². The highest BCUT2D eigenvalue weighted by Gasteiger charge is 2.18. The van der Waals surface area contributed by atoms with Crippen LogP contribution in [0.25, 0.3) is 22.4 Å². The van der Waals surface area contributed by atoms with E-state index in [4.69, 9.17) is 4.74 Å². The van der Waals surface area contributed by atoms with Crippen LogP contribution in [0.2, 0.25) is 0 Å². The smallest absolute Gasteiger partial charge is 0.128 e. The van der Waals surface area contributed by atoms with Crippen LogP contribution in [0.1, 0.15) is 0 Å². The molecular formula is C27H27FN4O2. The molecule has 0 atom stereocenters. The predicted molar refractivity (Wildman–Crippen MR) is 132 cm³/mol. The number of benzene rings is 3. The lowest BCUT2D eigenvalue weighted by Crippen LogP contribution is -2.47. The largest absolute Gasteiger partial charge is 0.507 e. The zero-order valence-corrected chi connectivity index (χ0v) is 18.8. The maximum Gasteiger partial charge on any atom is 0.128 e. The number of phenols is 1. The van der Waals surface area contributed by atoms with Crippen LogP contribution in [0.15, 0.2) is 79.0 Å². The van der Waals surface area contributed by atoms with E-state index in [1.165, 1.54) is 12.1 Å². The predicted octanol–water partition coefficient (Wildman–Crippen LogP) is 4.79. The molecule has 0 bridgehead atoms. The highest BCUT2D eigenvalue weighted by molar-refractivity contribution is 5.83. The lowest BCUT2D eigenvalue weighted by Gasteiger charge is -2.36. The van der Waals surface area contributed by atoms with E-state index in [0.717, 1.165) is 55.2 Å². The van der Waals surface area contributed by atoms with Crippen molar-refractivity contribution in [2.75, 3.05) is 44.2 Å². The van der Waals surface area contributed by atoms with Crippen molar-refractivity contribution in [1.29, 1.82) is 0 Å². The number of halogens is 1. The SMILES string of the molecule is Oc1cc(OCCN2CCN(c3ccc(F)cc3)CC2)ccc1-c1[nH]ncc1-c1ccccc1. The van der Waals surface area contributed by atoms with E-state index in [-0.39, 0.29) is 11.6 Å². The molecule has 2 N–H and O–H groups in total. The third-order valence-electron chi connectivity index (χ3n) is 6.20. The first-order valence-electron chi connectivity index (χ1n) is 11.5. The van der Waals surface area contributed by atoms with Gasteiger partial charge in [-0.25, -0.2) is 4.39 Å². The summed E-state index contributed by atoms with van der Waals surface area (Å²) in [4.78, 5) is 4.62. The summed E-state index contributed by atoms with van der Waals surface area (Å²) in [7, 11) is 0. The van der Waals surface area contributed by atoms with Gasteiger partial charge >= 0.3 is 0 Å². The van der Waals surface area contributed by atoms with Crippen LogP contribution >= 0.6 is 0 Å². The second-order valence-corrected chi connectivity index (χ2v) is 8.36. The number of hydrogen-bond acceptors (Lipinski definition) is 5. The summed E-state index contributed by atoms with van der Waals surface area (Å²) < 4.78 is 19.1. The normalized spacial score (nSPS) is 14.3. The number of rotatable bonds is 7. The Hall–Kier alpha value is -3.84. The van der Waals surface area contributed by atoms with Crippen molar-refractivity contribution in [2.45, 2.75) is 0 Å². The van der Waals surface area contributed by atoms with Gasteiger partial charge in [0, 0.05) is 55.6 Å². The van der Waals surface area contributed by atoms with Crippen molar-refractivity contribution >= 4 is 5.69 Å². The topological polar surface area (TPSA) is 64.6 Å². The number of ether oxygens (including phenoxy) is 1. The summed E-state index contributed by atoms with van der Waals surface area (Å²) >= 11 is 0. The van der Waals surface area contributed by atoms with Crippen molar-refractivity contribution < 1.29 is 14.2 Å². The molecule has 4 aromatic rings. The fourth-order valence-corrected chi connectivity index (χ4v) is 4.31. The van der Waals surface area contributed by atoms with Crippen LogP contribution in [0.5, 0.6) is 11.5 Å². The van der Waals surface area contributed by atoms with Crippen molar-refractivity contribution in [2.24, 2.45) is 0 Å². The second kappa shape index (κ2) is 9.97. The van der Waals surface area contributed by atoms with Gasteiger partial charge in [0.2, 0.25) is 0 Å². The number of H-pyrrole nitrogens is 1. The van der Waals surface area contributed by atoms with Crippen LogP contribution in [0, 0.1) is 5.82 Å². The summed E-state index contributed by atoms with van der Waals surface area (Å²) in [6.07, 6.45) is 1.77. The number of phenolic OH excluding ortho intramolecular Hbond substituents is 1. The molecule has 1 aliphatic rings. The molecule has 1 saturated heterocycles. The van der Waals surface area contributed by atoms with Crippen LogP contribution in [0.3, 0.4) is 0 Å².